The van der Waals surface area contributed by atoms with Crippen LogP contribution in [0, 0.1) is 11.3 Å². The van der Waals surface area contributed by atoms with Crippen LogP contribution in [0.3, 0.4) is 0 Å². The van der Waals surface area contributed by atoms with Crippen molar-refractivity contribution < 1.29 is 28.6 Å². The van der Waals surface area contributed by atoms with E-state index in [9.17, 15) is 14.4 Å². The van der Waals surface area contributed by atoms with Gasteiger partial charge in [0.15, 0.2) is 24.7 Å². The minimum atomic E-state index is -0.721. The van der Waals surface area contributed by atoms with Gasteiger partial charge in [-0.2, -0.15) is 5.26 Å². The molecule has 0 aliphatic rings. The molecular weight excluding hydrogens is 330 g/mol. The fourth-order valence-corrected chi connectivity index (χ4v) is 1.73. The van der Waals surface area contributed by atoms with Crippen molar-refractivity contribution in [2.24, 2.45) is 5.73 Å². The first-order valence-corrected chi connectivity index (χ1v) is 7.26. The summed E-state index contributed by atoms with van der Waals surface area (Å²) in [7, 11) is 2.89. The van der Waals surface area contributed by atoms with E-state index in [0.717, 1.165) is 0 Å². The Balaban J connectivity index is 2.68. The van der Waals surface area contributed by atoms with Gasteiger partial charge in [0.2, 0.25) is 0 Å². The lowest BCUT2D eigenvalue weighted by molar-refractivity contribution is -0.133. The van der Waals surface area contributed by atoms with Crippen molar-refractivity contribution in [3.05, 3.63) is 23.8 Å². The summed E-state index contributed by atoms with van der Waals surface area (Å²) in [5.41, 5.74) is 5.15. The summed E-state index contributed by atoms with van der Waals surface area (Å²) in [6.07, 6.45) is 0.195. The van der Waals surface area contributed by atoms with E-state index in [1.807, 2.05) is 6.07 Å². The lowest BCUT2D eigenvalue weighted by atomic mass is 10.2. The third-order valence-electron chi connectivity index (χ3n) is 3.08. The van der Waals surface area contributed by atoms with E-state index in [0.29, 0.717) is 0 Å². The second kappa shape index (κ2) is 9.77. The third-order valence-corrected chi connectivity index (χ3v) is 3.08. The molecule has 0 radical (unpaired) electrons. The maximum atomic E-state index is 12.0. The Bertz CT molecular complexity index is 683. The molecule has 0 aromatic heterocycles. The lowest BCUT2D eigenvalue weighted by Crippen LogP contribution is -2.31. The maximum Gasteiger partial charge on any atom is 0.338 e. The minimum Gasteiger partial charge on any atom is -0.493 e. The van der Waals surface area contributed by atoms with Crippen molar-refractivity contribution in [2.45, 2.75) is 6.42 Å². The fourth-order valence-electron chi connectivity index (χ4n) is 1.73. The Labute approximate surface area is 144 Å². The van der Waals surface area contributed by atoms with Crippen molar-refractivity contribution in [1.82, 2.24) is 4.90 Å². The predicted octanol–water partition coefficient (Wildman–Crippen LogP) is 0.0882. The first-order chi connectivity index (χ1) is 11.9. The zero-order valence-electron chi connectivity index (χ0n) is 14.0. The van der Waals surface area contributed by atoms with E-state index >= 15 is 0 Å². The standard InChI is InChI=1S/C16H19N3O6/c1-19(7-3-6-17)15(21)10-25-16(22)11-4-5-12(13(8-11)23-2)24-9-14(18)20/h4-5,8H,3,7,9-10H2,1-2H3,(H2,18,20). The van der Waals surface area contributed by atoms with E-state index < -0.39 is 24.4 Å². The van der Waals surface area contributed by atoms with E-state index in [4.69, 9.17) is 25.2 Å². The highest BCUT2D eigenvalue weighted by Gasteiger charge is 2.16. The van der Waals surface area contributed by atoms with Gasteiger partial charge in [-0.05, 0) is 18.2 Å². The molecule has 2 amide bonds. The highest BCUT2D eigenvalue weighted by atomic mass is 16.5. The monoisotopic (exact) mass is 349 g/mol. The SMILES string of the molecule is COc1cc(C(=O)OCC(=O)N(C)CCC#N)ccc1OCC(N)=O. The highest BCUT2D eigenvalue weighted by Crippen LogP contribution is 2.28. The van der Waals surface area contributed by atoms with Crippen molar-refractivity contribution >= 4 is 17.8 Å². The molecule has 0 heterocycles. The van der Waals surface area contributed by atoms with Gasteiger partial charge in [-0.3, -0.25) is 9.59 Å². The average Bonchev–Trinajstić information content (AvgIpc) is 2.61. The molecule has 0 saturated carbocycles. The van der Waals surface area contributed by atoms with Crippen LogP contribution in [-0.4, -0.2) is 56.6 Å². The van der Waals surface area contributed by atoms with Gasteiger partial charge in [-0.15, -0.1) is 0 Å². The quantitative estimate of drug-likeness (QED) is 0.625. The van der Waals surface area contributed by atoms with Gasteiger partial charge >= 0.3 is 5.97 Å². The minimum absolute atomic E-state index is 0.149. The number of esters is 1. The van der Waals surface area contributed by atoms with Gasteiger partial charge in [0, 0.05) is 13.6 Å². The molecule has 0 aliphatic carbocycles. The summed E-state index contributed by atoms with van der Waals surface area (Å²) >= 11 is 0. The molecule has 0 atom stereocenters. The van der Waals surface area contributed by atoms with E-state index in [-0.39, 0.29) is 36.6 Å². The van der Waals surface area contributed by atoms with Crippen LogP contribution in [0.15, 0.2) is 18.2 Å². The van der Waals surface area contributed by atoms with Crippen molar-refractivity contribution in [2.75, 3.05) is 33.9 Å². The summed E-state index contributed by atoms with van der Waals surface area (Å²) < 4.78 is 15.2. The number of methoxy groups -OCH3 is 1. The number of primary amides is 1. The van der Waals surface area contributed by atoms with Crippen LogP contribution in [-0.2, 0) is 14.3 Å². The largest absolute Gasteiger partial charge is 0.493 e. The number of likely N-dealkylation sites (N-methyl/N-ethyl adjacent to an activating group) is 1. The number of hydrogen-bond acceptors (Lipinski definition) is 7. The van der Waals surface area contributed by atoms with Crippen LogP contribution in [0.5, 0.6) is 11.5 Å². The second-order valence-electron chi connectivity index (χ2n) is 4.92. The maximum absolute atomic E-state index is 12.0. The summed E-state index contributed by atoms with van der Waals surface area (Å²) in [4.78, 5) is 35.8. The van der Waals surface area contributed by atoms with Gasteiger partial charge in [0.05, 0.1) is 25.2 Å². The Kier molecular flexibility index (Phi) is 7.72. The summed E-state index contributed by atoms with van der Waals surface area (Å²) in [5.74, 6) is -1.33. The Morgan fingerprint density at radius 3 is 2.56 bits per heavy atom. The first kappa shape index (κ1) is 19.8. The number of nitrogens with two attached hydrogens (primary N) is 1. The van der Waals surface area contributed by atoms with Gasteiger partial charge in [0.1, 0.15) is 0 Å². The van der Waals surface area contributed by atoms with E-state index in [1.54, 1.807) is 0 Å². The fraction of sp³-hybridized carbons (Fsp3) is 0.375. The number of ether oxygens (including phenoxy) is 3. The van der Waals surface area contributed by atoms with Crippen LogP contribution >= 0.6 is 0 Å². The van der Waals surface area contributed by atoms with Crippen LogP contribution in [0.4, 0.5) is 0 Å². The summed E-state index contributed by atoms with van der Waals surface area (Å²) in [6, 6.07) is 6.12. The molecular formula is C16H19N3O6. The Morgan fingerprint density at radius 2 is 1.96 bits per heavy atom. The molecule has 2 N–H and O–H groups in total. The van der Waals surface area contributed by atoms with Gasteiger partial charge in [-0.25, -0.2) is 4.79 Å². The topological polar surface area (TPSA) is 132 Å². The zero-order valence-corrected chi connectivity index (χ0v) is 14.0. The number of nitriles is 1. The number of hydrogen-bond donors (Lipinski definition) is 1. The molecule has 0 spiro atoms. The number of rotatable bonds is 9. The molecule has 9 heteroatoms. The van der Waals surface area contributed by atoms with Gasteiger partial charge in [0.25, 0.3) is 11.8 Å². The van der Waals surface area contributed by atoms with Crippen molar-refractivity contribution in [3.8, 4) is 17.6 Å². The van der Waals surface area contributed by atoms with Gasteiger partial charge in [-0.1, -0.05) is 0 Å². The zero-order chi connectivity index (χ0) is 18.8. The van der Waals surface area contributed by atoms with Crippen LogP contribution in [0.1, 0.15) is 16.8 Å². The molecule has 0 aliphatic heterocycles. The van der Waals surface area contributed by atoms with Gasteiger partial charge < -0.3 is 24.8 Å². The number of benzene rings is 1. The molecule has 1 aromatic rings. The second-order valence-corrected chi connectivity index (χ2v) is 4.92. The van der Waals surface area contributed by atoms with Crippen LogP contribution in [0.2, 0.25) is 0 Å². The molecule has 1 rings (SSSR count). The molecule has 0 fully saturated rings. The lowest BCUT2D eigenvalue weighted by Gasteiger charge is -2.15. The molecule has 0 bridgehead atoms. The Hall–Kier alpha value is -3.28. The van der Waals surface area contributed by atoms with Crippen LogP contribution < -0.4 is 15.2 Å². The third kappa shape index (κ3) is 6.39. The normalized spacial score (nSPS) is 9.64. The first-order valence-electron chi connectivity index (χ1n) is 7.26. The molecule has 134 valence electrons. The van der Waals surface area contributed by atoms with Crippen LogP contribution in [0.25, 0.3) is 0 Å². The molecule has 9 nitrogen and oxygen atoms in total. The molecule has 0 unspecified atom stereocenters. The number of carbonyl (C=O) groups excluding carboxylic acids is 3. The summed E-state index contributed by atoms with van der Waals surface area (Å²) in [6.45, 7) is -0.515. The number of nitrogens with zero attached hydrogens (tertiary/aromatic N) is 2. The average molecular weight is 349 g/mol. The molecule has 1 aromatic carbocycles. The predicted molar refractivity (Wildman–Crippen MR) is 85.8 cm³/mol. The number of carbonyl (C=O) groups is 3. The van der Waals surface area contributed by atoms with Crippen molar-refractivity contribution in [1.29, 1.82) is 5.26 Å². The van der Waals surface area contributed by atoms with E-state index in [2.05, 4.69) is 0 Å². The smallest absolute Gasteiger partial charge is 0.338 e. The molecule has 0 saturated heterocycles. The number of amides is 2. The van der Waals surface area contributed by atoms with Crippen molar-refractivity contribution in [3.63, 3.8) is 0 Å². The summed E-state index contributed by atoms with van der Waals surface area (Å²) in [5, 5.41) is 8.48. The van der Waals surface area contributed by atoms with E-state index in [1.165, 1.54) is 37.3 Å². The highest BCUT2D eigenvalue weighted by molar-refractivity contribution is 5.92. The Morgan fingerprint density at radius 1 is 1.24 bits per heavy atom. The molecule has 25 heavy (non-hydrogen) atoms.